The number of carbonyl (C=O) groups is 2. The van der Waals surface area contributed by atoms with E-state index in [9.17, 15) is 9.59 Å². The smallest absolute Gasteiger partial charge is 0.244 e. The molecule has 2 heterocycles. The summed E-state index contributed by atoms with van der Waals surface area (Å²) in [6, 6.07) is 20.4. The number of hydrogen-bond acceptors (Lipinski definition) is 3. The van der Waals surface area contributed by atoms with Crippen molar-refractivity contribution in [3.8, 4) is 11.3 Å². The van der Waals surface area contributed by atoms with E-state index in [-0.39, 0.29) is 17.9 Å². The van der Waals surface area contributed by atoms with Crippen molar-refractivity contribution in [3.63, 3.8) is 0 Å². The molecule has 1 aromatic heterocycles. The fourth-order valence-corrected chi connectivity index (χ4v) is 5.50. The number of nitrogens with one attached hydrogen (secondary N) is 1. The molecular weight excluding hydrogens is 460 g/mol. The van der Waals surface area contributed by atoms with Crippen LogP contribution < -0.4 is 5.32 Å². The first-order valence-corrected chi connectivity index (χ1v) is 13.6. The van der Waals surface area contributed by atoms with Crippen molar-refractivity contribution in [2.24, 2.45) is 5.92 Å². The number of likely N-dealkylation sites (tertiary alicyclic amines) is 1. The predicted octanol–water partition coefficient (Wildman–Crippen LogP) is 5.30. The van der Waals surface area contributed by atoms with E-state index in [1.54, 1.807) is 6.08 Å². The van der Waals surface area contributed by atoms with E-state index in [0.717, 1.165) is 55.6 Å². The average molecular weight is 497 g/mol. The lowest BCUT2D eigenvalue weighted by Gasteiger charge is -2.35. The first-order chi connectivity index (χ1) is 18.2. The standard InChI is InChI=1S/C31H36N4O2/c36-29(32-28-18-20-34(21-19-28)31(37)26-14-8-3-9-15-26)17-16-27-23-35(22-24-10-4-1-5-11-24)33-30(27)25-12-6-2-7-13-25/h1-2,4-7,10-13,16-17,23,26,28H,3,8-9,14-15,18-22H2,(H,32,36)/b17-16+. The van der Waals surface area contributed by atoms with Crippen LogP contribution in [-0.4, -0.2) is 45.6 Å². The maximum absolute atomic E-state index is 12.8. The zero-order valence-electron chi connectivity index (χ0n) is 21.4. The molecule has 2 fully saturated rings. The van der Waals surface area contributed by atoms with Crippen molar-refractivity contribution >= 4 is 17.9 Å². The molecule has 6 heteroatoms. The third kappa shape index (κ3) is 6.56. The van der Waals surface area contributed by atoms with E-state index in [1.807, 2.05) is 70.4 Å². The Bertz CT molecular complexity index is 1200. The summed E-state index contributed by atoms with van der Waals surface area (Å²) in [7, 11) is 0. The molecule has 1 N–H and O–H groups in total. The number of rotatable bonds is 7. The number of benzene rings is 2. The van der Waals surface area contributed by atoms with Gasteiger partial charge in [0.05, 0.1) is 12.2 Å². The third-order valence-electron chi connectivity index (χ3n) is 7.55. The van der Waals surface area contributed by atoms with Crippen LogP contribution in [0.25, 0.3) is 17.3 Å². The lowest BCUT2D eigenvalue weighted by Crippen LogP contribution is -2.48. The average Bonchev–Trinajstić information content (AvgIpc) is 3.36. The number of amides is 2. The first kappa shape index (κ1) is 25.0. The van der Waals surface area contributed by atoms with E-state index in [0.29, 0.717) is 12.5 Å². The molecule has 0 bridgehead atoms. The molecule has 0 atom stereocenters. The molecule has 192 valence electrons. The van der Waals surface area contributed by atoms with Gasteiger partial charge in [-0.05, 0) is 37.3 Å². The van der Waals surface area contributed by atoms with Crippen molar-refractivity contribution in [3.05, 3.63) is 84.1 Å². The van der Waals surface area contributed by atoms with E-state index < -0.39 is 0 Å². The highest BCUT2D eigenvalue weighted by Crippen LogP contribution is 2.27. The molecule has 1 aliphatic heterocycles. The van der Waals surface area contributed by atoms with Gasteiger partial charge in [0.15, 0.2) is 0 Å². The van der Waals surface area contributed by atoms with Gasteiger partial charge in [-0.15, -0.1) is 0 Å². The molecule has 1 aliphatic carbocycles. The molecule has 0 unspecified atom stereocenters. The number of hydrogen-bond donors (Lipinski definition) is 1. The summed E-state index contributed by atoms with van der Waals surface area (Å²) in [5.74, 6) is 0.432. The molecule has 2 aromatic carbocycles. The van der Waals surface area contributed by atoms with Crippen molar-refractivity contribution in [2.75, 3.05) is 13.1 Å². The topological polar surface area (TPSA) is 67.2 Å². The maximum Gasteiger partial charge on any atom is 0.244 e. The van der Waals surface area contributed by atoms with Gasteiger partial charge in [-0.3, -0.25) is 14.3 Å². The monoisotopic (exact) mass is 496 g/mol. The largest absolute Gasteiger partial charge is 0.350 e. The minimum absolute atomic E-state index is 0.0990. The lowest BCUT2D eigenvalue weighted by molar-refractivity contribution is -0.137. The molecule has 1 saturated heterocycles. The second kappa shape index (κ2) is 12.0. The first-order valence-electron chi connectivity index (χ1n) is 13.6. The van der Waals surface area contributed by atoms with Gasteiger partial charge < -0.3 is 10.2 Å². The fraction of sp³-hybridized carbons (Fsp3) is 0.387. The highest BCUT2D eigenvalue weighted by atomic mass is 16.2. The molecule has 3 aromatic rings. The Hall–Kier alpha value is -3.67. The maximum atomic E-state index is 12.8. The highest BCUT2D eigenvalue weighted by Gasteiger charge is 2.29. The van der Waals surface area contributed by atoms with Crippen LogP contribution in [0.1, 0.15) is 56.1 Å². The van der Waals surface area contributed by atoms with Crippen LogP contribution in [0, 0.1) is 5.92 Å². The van der Waals surface area contributed by atoms with Gasteiger partial charge in [0, 0.05) is 48.4 Å². The highest BCUT2D eigenvalue weighted by molar-refractivity contribution is 5.93. The van der Waals surface area contributed by atoms with E-state index in [2.05, 4.69) is 17.4 Å². The van der Waals surface area contributed by atoms with Crippen LogP contribution in [0.15, 0.2) is 72.9 Å². The summed E-state index contributed by atoms with van der Waals surface area (Å²) in [4.78, 5) is 27.6. The number of nitrogens with zero attached hydrogens (tertiary/aromatic N) is 3. The van der Waals surface area contributed by atoms with Crippen LogP contribution in [0.3, 0.4) is 0 Å². The van der Waals surface area contributed by atoms with Gasteiger partial charge in [0.1, 0.15) is 0 Å². The van der Waals surface area contributed by atoms with Gasteiger partial charge in [0.2, 0.25) is 11.8 Å². The van der Waals surface area contributed by atoms with Gasteiger partial charge in [-0.25, -0.2) is 0 Å². The minimum atomic E-state index is -0.105. The van der Waals surface area contributed by atoms with E-state index >= 15 is 0 Å². The Balaban J connectivity index is 1.20. The van der Waals surface area contributed by atoms with Crippen molar-refractivity contribution in [1.29, 1.82) is 0 Å². The molecular formula is C31H36N4O2. The third-order valence-corrected chi connectivity index (χ3v) is 7.55. The SMILES string of the molecule is O=C(/C=C/c1cn(Cc2ccccc2)nc1-c1ccccc1)NC1CCN(C(=O)C2CCCCC2)CC1. The van der Waals surface area contributed by atoms with Crippen LogP contribution in [0.4, 0.5) is 0 Å². The van der Waals surface area contributed by atoms with Crippen molar-refractivity contribution in [1.82, 2.24) is 20.0 Å². The Kier molecular flexibility index (Phi) is 8.14. The van der Waals surface area contributed by atoms with Gasteiger partial charge >= 0.3 is 0 Å². The van der Waals surface area contributed by atoms with Crippen LogP contribution in [0.2, 0.25) is 0 Å². The molecule has 0 radical (unpaired) electrons. The minimum Gasteiger partial charge on any atom is -0.350 e. The fourth-order valence-electron chi connectivity index (χ4n) is 5.50. The zero-order chi connectivity index (χ0) is 25.5. The van der Waals surface area contributed by atoms with E-state index in [4.69, 9.17) is 5.10 Å². The molecule has 2 amide bonds. The van der Waals surface area contributed by atoms with Gasteiger partial charge in [-0.2, -0.15) is 5.10 Å². The summed E-state index contributed by atoms with van der Waals surface area (Å²) in [6.07, 6.45) is 12.7. The van der Waals surface area contributed by atoms with Gasteiger partial charge in [0.25, 0.3) is 0 Å². The number of piperidine rings is 1. The molecule has 37 heavy (non-hydrogen) atoms. The van der Waals surface area contributed by atoms with E-state index in [1.165, 1.54) is 24.8 Å². The van der Waals surface area contributed by atoms with Gasteiger partial charge in [-0.1, -0.05) is 79.9 Å². The zero-order valence-corrected chi connectivity index (χ0v) is 21.4. The lowest BCUT2D eigenvalue weighted by atomic mass is 9.87. The second-order valence-corrected chi connectivity index (χ2v) is 10.3. The summed E-state index contributed by atoms with van der Waals surface area (Å²) < 4.78 is 1.92. The predicted molar refractivity (Wildman–Crippen MR) is 147 cm³/mol. The number of carbonyl (C=O) groups excluding carboxylic acids is 2. The molecule has 2 aliphatic rings. The quantitative estimate of drug-likeness (QED) is 0.452. The molecule has 1 saturated carbocycles. The number of aromatic nitrogens is 2. The summed E-state index contributed by atoms with van der Waals surface area (Å²) in [5, 5.41) is 7.97. The van der Waals surface area contributed by atoms with Crippen molar-refractivity contribution < 1.29 is 9.59 Å². The molecule has 6 nitrogen and oxygen atoms in total. The Labute approximate surface area is 219 Å². The molecule has 0 spiro atoms. The summed E-state index contributed by atoms with van der Waals surface area (Å²) in [6.45, 7) is 2.13. The normalized spacial score (nSPS) is 17.2. The Morgan fingerprint density at radius 1 is 0.892 bits per heavy atom. The Morgan fingerprint density at radius 2 is 1.57 bits per heavy atom. The Morgan fingerprint density at radius 3 is 2.27 bits per heavy atom. The molecule has 5 rings (SSSR count). The van der Waals surface area contributed by atoms with Crippen LogP contribution >= 0.6 is 0 Å². The second-order valence-electron chi connectivity index (χ2n) is 10.3. The van der Waals surface area contributed by atoms with Crippen LogP contribution in [0.5, 0.6) is 0 Å². The van der Waals surface area contributed by atoms with Crippen LogP contribution in [-0.2, 0) is 16.1 Å². The summed E-state index contributed by atoms with van der Waals surface area (Å²) in [5.41, 5.74) is 3.95. The van der Waals surface area contributed by atoms with Crippen molar-refractivity contribution in [2.45, 2.75) is 57.5 Å². The summed E-state index contributed by atoms with van der Waals surface area (Å²) >= 11 is 0.